The van der Waals surface area contributed by atoms with E-state index in [4.69, 9.17) is 0 Å². The van der Waals surface area contributed by atoms with Crippen molar-refractivity contribution in [3.8, 4) is 0 Å². The van der Waals surface area contributed by atoms with Gasteiger partial charge in [0.15, 0.2) is 0 Å². The van der Waals surface area contributed by atoms with Gasteiger partial charge in [-0.2, -0.15) is 5.10 Å². The average molecular weight is 259 g/mol. The number of aryl methyl sites for hydroxylation is 3. The summed E-state index contributed by atoms with van der Waals surface area (Å²) in [4.78, 5) is 22.2. The van der Waals surface area contributed by atoms with Gasteiger partial charge in [0.25, 0.3) is 5.91 Å². The summed E-state index contributed by atoms with van der Waals surface area (Å²) in [5.41, 5.74) is 2.23. The molecule has 6 nitrogen and oxygen atoms in total. The van der Waals surface area contributed by atoms with Crippen molar-refractivity contribution in [3.63, 3.8) is 0 Å². The van der Waals surface area contributed by atoms with Gasteiger partial charge >= 0.3 is 0 Å². The number of nitrogens with zero attached hydrogens (tertiary/aromatic N) is 5. The van der Waals surface area contributed by atoms with Crippen molar-refractivity contribution >= 4 is 5.91 Å². The first-order valence-electron chi connectivity index (χ1n) is 6.00. The second-order valence-corrected chi connectivity index (χ2v) is 4.60. The van der Waals surface area contributed by atoms with E-state index in [-0.39, 0.29) is 5.91 Å². The first-order valence-corrected chi connectivity index (χ1v) is 6.00. The van der Waals surface area contributed by atoms with Gasteiger partial charge in [-0.15, -0.1) is 0 Å². The van der Waals surface area contributed by atoms with Gasteiger partial charge in [0.05, 0.1) is 17.5 Å². The molecule has 6 heteroatoms. The highest BCUT2D eigenvalue weighted by molar-refractivity contribution is 5.94. The van der Waals surface area contributed by atoms with Crippen LogP contribution in [0.4, 0.5) is 0 Å². The zero-order chi connectivity index (χ0) is 14.0. The van der Waals surface area contributed by atoms with Crippen molar-refractivity contribution in [1.82, 2.24) is 24.6 Å². The first kappa shape index (κ1) is 13.2. The smallest absolute Gasteiger partial charge is 0.257 e. The fourth-order valence-corrected chi connectivity index (χ4v) is 1.90. The van der Waals surface area contributed by atoms with Gasteiger partial charge in [-0.25, -0.2) is 9.97 Å². The Morgan fingerprint density at radius 3 is 2.68 bits per heavy atom. The Morgan fingerprint density at radius 2 is 2.11 bits per heavy atom. The maximum Gasteiger partial charge on any atom is 0.257 e. The predicted octanol–water partition coefficient (Wildman–Crippen LogP) is 1.10. The van der Waals surface area contributed by atoms with E-state index in [0.29, 0.717) is 23.6 Å². The van der Waals surface area contributed by atoms with Crippen molar-refractivity contribution in [2.45, 2.75) is 20.4 Å². The number of amides is 1. The van der Waals surface area contributed by atoms with Gasteiger partial charge in [0.1, 0.15) is 5.82 Å². The maximum absolute atomic E-state index is 12.3. The normalized spacial score (nSPS) is 10.5. The Hall–Kier alpha value is -2.24. The molecule has 100 valence electrons. The molecule has 2 heterocycles. The molecular weight excluding hydrogens is 242 g/mol. The quantitative estimate of drug-likeness (QED) is 0.828. The summed E-state index contributed by atoms with van der Waals surface area (Å²) in [6, 6.07) is 0. The molecule has 0 unspecified atom stereocenters. The van der Waals surface area contributed by atoms with Crippen molar-refractivity contribution in [2.75, 3.05) is 7.05 Å². The van der Waals surface area contributed by atoms with Crippen molar-refractivity contribution in [1.29, 1.82) is 0 Å². The first-order chi connectivity index (χ1) is 8.97. The topological polar surface area (TPSA) is 63.9 Å². The SMILES string of the molecule is Cc1ncc(C(=O)N(C)Cc2cnn(C)c2)c(C)n1. The molecule has 0 saturated heterocycles. The Bertz CT molecular complexity index is 605. The lowest BCUT2D eigenvalue weighted by Crippen LogP contribution is -2.27. The second-order valence-electron chi connectivity index (χ2n) is 4.60. The van der Waals surface area contributed by atoms with Crippen LogP contribution in [0, 0.1) is 13.8 Å². The molecule has 19 heavy (non-hydrogen) atoms. The van der Waals surface area contributed by atoms with E-state index in [1.54, 1.807) is 35.9 Å². The molecule has 0 spiro atoms. The standard InChI is InChI=1S/C13H17N5O/c1-9-12(6-14-10(2)16-9)13(19)17(3)7-11-5-15-18(4)8-11/h5-6,8H,7H2,1-4H3. The monoisotopic (exact) mass is 259 g/mol. The third-order valence-electron chi connectivity index (χ3n) is 2.85. The molecule has 0 aliphatic rings. The molecule has 2 rings (SSSR count). The van der Waals surface area contributed by atoms with Crippen LogP contribution in [0.25, 0.3) is 0 Å². The third-order valence-corrected chi connectivity index (χ3v) is 2.85. The fourth-order valence-electron chi connectivity index (χ4n) is 1.90. The van der Waals surface area contributed by atoms with Crippen molar-refractivity contribution in [3.05, 3.63) is 41.2 Å². The Morgan fingerprint density at radius 1 is 1.37 bits per heavy atom. The molecule has 0 N–H and O–H groups in total. The fraction of sp³-hybridized carbons (Fsp3) is 0.385. The maximum atomic E-state index is 12.3. The minimum atomic E-state index is -0.0821. The van der Waals surface area contributed by atoms with Gasteiger partial charge in [-0.3, -0.25) is 9.48 Å². The van der Waals surface area contributed by atoms with Crippen LogP contribution in [-0.2, 0) is 13.6 Å². The van der Waals surface area contributed by atoms with E-state index >= 15 is 0 Å². The highest BCUT2D eigenvalue weighted by Crippen LogP contribution is 2.10. The van der Waals surface area contributed by atoms with Gasteiger partial charge in [-0.1, -0.05) is 0 Å². The van der Waals surface area contributed by atoms with Gasteiger partial charge < -0.3 is 4.90 Å². The van der Waals surface area contributed by atoms with E-state index in [0.717, 1.165) is 5.56 Å². The zero-order valence-electron chi connectivity index (χ0n) is 11.6. The second kappa shape index (κ2) is 5.17. The highest BCUT2D eigenvalue weighted by Gasteiger charge is 2.16. The van der Waals surface area contributed by atoms with E-state index in [9.17, 15) is 4.79 Å². The Kier molecular flexibility index (Phi) is 3.59. The highest BCUT2D eigenvalue weighted by atomic mass is 16.2. The molecule has 0 aliphatic heterocycles. The van der Waals surface area contributed by atoms with Crippen LogP contribution < -0.4 is 0 Å². The van der Waals surface area contributed by atoms with Crippen LogP contribution >= 0.6 is 0 Å². The minimum absolute atomic E-state index is 0.0821. The summed E-state index contributed by atoms with van der Waals surface area (Å²) in [7, 11) is 3.61. The van der Waals surface area contributed by atoms with Gasteiger partial charge in [0, 0.05) is 38.6 Å². The molecule has 0 fully saturated rings. The number of hydrogen-bond donors (Lipinski definition) is 0. The van der Waals surface area contributed by atoms with Crippen LogP contribution in [0.15, 0.2) is 18.6 Å². The van der Waals surface area contributed by atoms with Crippen molar-refractivity contribution < 1.29 is 4.79 Å². The molecule has 0 radical (unpaired) electrons. The van der Waals surface area contributed by atoms with Gasteiger partial charge in [0.2, 0.25) is 0 Å². The van der Waals surface area contributed by atoms with Crippen molar-refractivity contribution in [2.24, 2.45) is 7.05 Å². The van der Waals surface area contributed by atoms with Crippen LogP contribution in [-0.4, -0.2) is 37.6 Å². The molecule has 0 saturated carbocycles. The van der Waals surface area contributed by atoms with Crippen LogP contribution in [0.5, 0.6) is 0 Å². The summed E-state index contributed by atoms with van der Waals surface area (Å²) in [5.74, 6) is 0.588. The number of hydrogen-bond acceptors (Lipinski definition) is 4. The minimum Gasteiger partial charge on any atom is -0.337 e. The largest absolute Gasteiger partial charge is 0.337 e. The van der Waals surface area contributed by atoms with Crippen LogP contribution in [0.3, 0.4) is 0 Å². The van der Waals surface area contributed by atoms with E-state index in [2.05, 4.69) is 15.1 Å². The summed E-state index contributed by atoms with van der Waals surface area (Å²) < 4.78 is 1.72. The summed E-state index contributed by atoms with van der Waals surface area (Å²) in [5, 5.41) is 4.08. The molecule has 0 aliphatic carbocycles. The number of rotatable bonds is 3. The summed E-state index contributed by atoms with van der Waals surface area (Å²) in [6.45, 7) is 4.14. The predicted molar refractivity (Wildman–Crippen MR) is 70.5 cm³/mol. The average Bonchev–Trinajstić information content (AvgIpc) is 2.74. The summed E-state index contributed by atoms with van der Waals surface area (Å²) in [6.07, 6.45) is 5.23. The van der Waals surface area contributed by atoms with Crippen LogP contribution in [0.2, 0.25) is 0 Å². The van der Waals surface area contributed by atoms with Gasteiger partial charge in [-0.05, 0) is 13.8 Å². The molecular formula is C13H17N5O. The Labute approximate surface area is 112 Å². The number of carbonyl (C=O) groups excluding carboxylic acids is 1. The van der Waals surface area contributed by atoms with E-state index < -0.39 is 0 Å². The molecule has 2 aromatic rings. The molecule has 0 aromatic carbocycles. The zero-order valence-corrected chi connectivity index (χ0v) is 11.6. The lowest BCUT2D eigenvalue weighted by molar-refractivity contribution is 0.0783. The lowest BCUT2D eigenvalue weighted by atomic mass is 10.2. The number of aromatic nitrogens is 4. The summed E-state index contributed by atoms with van der Waals surface area (Å²) >= 11 is 0. The lowest BCUT2D eigenvalue weighted by Gasteiger charge is -2.17. The molecule has 2 aromatic heterocycles. The molecule has 0 bridgehead atoms. The van der Waals surface area contributed by atoms with Crippen LogP contribution in [0.1, 0.15) is 27.4 Å². The molecule has 1 amide bonds. The Balaban J connectivity index is 2.14. The number of carbonyl (C=O) groups is 1. The third kappa shape index (κ3) is 2.96. The van der Waals surface area contributed by atoms with E-state index in [1.165, 1.54) is 0 Å². The van der Waals surface area contributed by atoms with E-state index in [1.807, 2.05) is 20.2 Å². The molecule has 0 atom stereocenters.